The zero-order valence-corrected chi connectivity index (χ0v) is 52.5. The second-order valence-electron chi connectivity index (χ2n) is 20.3. The Morgan fingerprint density at radius 1 is 0.547 bits per heavy atom. The van der Waals surface area contributed by atoms with E-state index < -0.39 is 275 Å². The third-order valence-corrected chi connectivity index (χ3v) is 15.7. The van der Waals surface area contributed by atoms with Gasteiger partial charge in [-0.25, -0.2) is 8.78 Å². The highest BCUT2D eigenvalue weighted by molar-refractivity contribution is 7.98. The molecule has 0 atom stereocenters. The van der Waals surface area contributed by atoms with Crippen LogP contribution in [0.2, 0.25) is 0 Å². The van der Waals surface area contributed by atoms with E-state index in [1.54, 1.807) is 24.3 Å². The summed E-state index contributed by atoms with van der Waals surface area (Å²) >= 11 is -0.151. The number of amides is 2. The summed E-state index contributed by atoms with van der Waals surface area (Å²) in [5.74, 6) is -5.62. The van der Waals surface area contributed by atoms with Crippen LogP contribution in [-0.4, -0.2) is 103 Å². The number of likely N-dealkylation sites (N-methyl/N-ethyl adjacent to an activating group) is 2. The van der Waals surface area contributed by atoms with Crippen molar-refractivity contribution in [2.75, 3.05) is 52.2 Å². The zero-order chi connectivity index (χ0) is 97.3. The predicted molar refractivity (Wildman–Crippen MR) is 358 cm³/mol. The van der Waals surface area contributed by atoms with Crippen LogP contribution >= 0.6 is 23.5 Å². The molecule has 2 aromatic heterocycles. The summed E-state index contributed by atoms with van der Waals surface area (Å²) in [6.07, 6.45) is -20.4. The number of rotatable bonds is 26. The van der Waals surface area contributed by atoms with E-state index in [0.717, 1.165) is 73.3 Å². The number of alkyl halides is 6. The summed E-state index contributed by atoms with van der Waals surface area (Å²) in [5.41, 5.74) is -17.4. The number of thioether (sulfide) groups is 2. The van der Waals surface area contributed by atoms with E-state index in [0.29, 0.717) is 39.8 Å². The Morgan fingerprint density at radius 3 is 1.59 bits per heavy atom. The van der Waals surface area contributed by atoms with E-state index in [1.165, 1.54) is 24.3 Å². The molecule has 6 aromatic carbocycles. The van der Waals surface area contributed by atoms with Gasteiger partial charge in [-0.05, 0) is 164 Å². The molecule has 2 aliphatic rings. The quantitative estimate of drug-likeness (QED) is 0.0295. The second-order valence-corrected chi connectivity index (χ2v) is 21.8. The molecule has 0 radical (unpaired) electrons. The van der Waals surface area contributed by atoms with Crippen LogP contribution in [-0.2, 0) is 85.0 Å². The van der Waals surface area contributed by atoms with Crippen LogP contribution in [0.1, 0.15) is 147 Å². The van der Waals surface area contributed by atoms with Crippen LogP contribution in [0.4, 0.5) is 35.1 Å². The zero-order valence-electron chi connectivity index (χ0n) is 83.8. The highest BCUT2D eigenvalue weighted by Crippen LogP contribution is 2.36. The van der Waals surface area contributed by atoms with Gasteiger partial charge in [-0.3, -0.25) is 19.2 Å². The van der Waals surface area contributed by atoms with E-state index in [1.807, 2.05) is 0 Å². The summed E-state index contributed by atoms with van der Waals surface area (Å²) < 4.78 is 393. The molecule has 0 saturated carbocycles. The topological polar surface area (TPSA) is 117 Å². The largest absolute Gasteiger partial charge is 0.416 e. The molecule has 10 rings (SSSR count). The molecule has 22 heteroatoms. The van der Waals surface area contributed by atoms with Gasteiger partial charge in [0.1, 0.15) is 24.6 Å². The van der Waals surface area contributed by atoms with Crippen LogP contribution in [0, 0.1) is 18.6 Å². The van der Waals surface area contributed by atoms with Crippen molar-refractivity contribution >= 4 is 35.3 Å². The summed E-state index contributed by atoms with van der Waals surface area (Å²) in [6, 6.07) is 1.18. The van der Waals surface area contributed by atoms with Crippen LogP contribution in [0.25, 0.3) is 22.3 Å². The Morgan fingerprint density at radius 2 is 1.04 bits per heavy atom. The van der Waals surface area contributed by atoms with Crippen molar-refractivity contribution in [2.24, 2.45) is 0 Å². The van der Waals surface area contributed by atoms with E-state index in [-0.39, 0.29) is 58.8 Å². The van der Waals surface area contributed by atoms with Crippen LogP contribution in [0.3, 0.4) is 0 Å². The van der Waals surface area contributed by atoms with Crippen LogP contribution in [0.15, 0.2) is 159 Å². The summed E-state index contributed by atoms with van der Waals surface area (Å²) in [5, 5.41) is -1.93. The van der Waals surface area contributed by atoms with Gasteiger partial charge in [0.15, 0.2) is 10.3 Å². The summed E-state index contributed by atoms with van der Waals surface area (Å²) in [4.78, 5) is 66.8. The molecule has 12 nitrogen and oxygen atoms in total. The summed E-state index contributed by atoms with van der Waals surface area (Å²) in [7, 11) is 0. The fraction of sp³-hybridized carbons (Fsp3) is 0.370. The third-order valence-electron chi connectivity index (χ3n) is 14.2. The Hall–Kier alpha value is -7.92. The first-order valence-corrected chi connectivity index (χ1v) is 30.1. The van der Waals surface area contributed by atoms with E-state index >= 15 is 4.79 Å². The number of hydrogen-bond acceptors (Lipinski definition) is 10. The molecule has 0 N–H and O–H groups in total. The fourth-order valence-electron chi connectivity index (χ4n) is 9.30. The van der Waals surface area contributed by atoms with Crippen molar-refractivity contribution in [3.05, 3.63) is 233 Å². The maximum atomic E-state index is 15.2. The van der Waals surface area contributed by atoms with Gasteiger partial charge in [0.2, 0.25) is 11.8 Å². The fourth-order valence-corrected chi connectivity index (χ4v) is 10.7. The molecule has 0 unspecified atom stereocenters. The van der Waals surface area contributed by atoms with Crippen molar-refractivity contribution in [3.8, 4) is 22.3 Å². The Kier molecular flexibility index (Phi) is 13.5. The molecular formula is C73H78F8N8O4S2. The molecule has 0 bridgehead atoms. The third kappa shape index (κ3) is 19.0. The molecule has 0 fully saturated rings. The number of aromatic nitrogens is 4. The maximum absolute atomic E-state index is 15.2. The minimum Gasteiger partial charge on any atom is -0.336 e. The summed E-state index contributed by atoms with van der Waals surface area (Å²) in [6.45, 7) is -16.6. The lowest BCUT2D eigenvalue weighted by atomic mass is 9.98. The average Bonchev–Trinajstić information content (AvgIpc) is 1.51. The van der Waals surface area contributed by atoms with Crippen molar-refractivity contribution in [1.82, 2.24) is 38.7 Å². The van der Waals surface area contributed by atoms with Crippen molar-refractivity contribution < 1.29 is 89.9 Å². The van der Waals surface area contributed by atoms with E-state index in [2.05, 4.69) is 9.97 Å². The molecule has 0 spiro atoms. The number of hydrogen-bond donors (Lipinski definition) is 0. The Labute approximate surface area is 603 Å². The monoisotopic (exact) mass is 1380 g/mol. The first-order chi connectivity index (χ1) is 58.1. The smallest absolute Gasteiger partial charge is 0.336 e. The van der Waals surface area contributed by atoms with E-state index in [9.17, 15) is 55.0 Å². The van der Waals surface area contributed by atoms with E-state index in [4.69, 9.17) is 39.8 Å². The molecule has 502 valence electrons. The van der Waals surface area contributed by atoms with Crippen molar-refractivity contribution in [2.45, 2.75) is 133 Å². The van der Waals surface area contributed by atoms with Crippen molar-refractivity contribution in [1.29, 1.82) is 0 Å². The Bertz CT molecular complexity index is 5680. The molecule has 95 heavy (non-hydrogen) atoms. The second kappa shape index (κ2) is 32.7. The number of benzene rings is 6. The lowest BCUT2D eigenvalue weighted by Crippen LogP contribution is -2.40. The molecule has 2 heterocycles. The standard InChI is InChI=1S/C37H40F4N4O2S.C36H38F4N4O2S/c1-4-43(5-2)19-20-44(22-26-9-13-28(14-10-26)29-15-18-32(25(3)21-29)37(39,40)41)34(46)23-45-33-8-6-7-31(33)35(47)42-36(45)48-24-27-11-16-30(38)17-12-27;1-3-42(4-2)20-21-43(22-25-8-12-27(13-9-25)28-14-16-29(17-15-28)36(38,39)40)33(45)23-44-32-7-5-6-31(32)34(46)41-35(44)47-24-26-10-18-30(37)19-11-26/h9-18,21H,4-8,19-20,22-24H2,1-3H3;8-19H,3-7,20-24H2,1-2H3/i4D2,5D2,6D2,7D2,8D2,9D,10D,11D,12D,13D,14D,15D,16D,17D,18D,21D,23D2,24D2;3D2,4D2,23D2,24D2. The molecule has 8 aromatic rings. The maximum Gasteiger partial charge on any atom is 0.416 e. The minimum absolute atomic E-state index is 0.00350. The van der Waals surface area contributed by atoms with Gasteiger partial charge in [-0.1, -0.05) is 148 Å². The first-order valence-electron chi connectivity index (χ1n) is 45.0. The minimum atomic E-state index is -5.26. The SMILES string of the molecule is [2H]C([2H])(Sc1nc(=O)c2c(n1C([2H])([2H])C(=O)N(CCN(C([2H])([2H])C)C([2H])([2H])C)Cc1ccc(-c3ccc(C(F)(F)F)cc3)cc1)CCC2)c1ccc(F)cc1.[2H]c1c([2H])c(C([2H])([2H])Sc2nc(=O)c3c(n2C([2H])([2H])C(=O)N(CCN(C([2H])([2H])C)C([2H])([2H])C)Cc2c([2H])c([2H])c(-c4c([2H])c([2H])c(C(F)(F)F)c(C)c4[2H])c([2H])c2[2H])C([2H])([2H])C([2H])([2H])C3([2H])[2H])c([2H])c([2H])c1F. The first kappa shape index (κ1) is 39.3. The lowest BCUT2D eigenvalue weighted by Gasteiger charge is -2.28. The molecule has 0 saturated heterocycles. The van der Waals surface area contributed by atoms with Crippen LogP contribution in [0.5, 0.6) is 0 Å². The number of nitrogens with zero attached hydrogens (tertiary/aromatic N) is 8. The molecular weight excluding hydrogens is 1270 g/mol. The number of carbonyl (C=O) groups is 2. The highest BCUT2D eigenvalue weighted by atomic mass is 32.2. The van der Waals surface area contributed by atoms with Crippen molar-refractivity contribution in [3.63, 3.8) is 0 Å². The number of fused-ring (bicyclic) bond motifs is 2. The van der Waals surface area contributed by atoms with Gasteiger partial charge in [0.25, 0.3) is 11.1 Å². The van der Waals surface area contributed by atoms with Gasteiger partial charge < -0.3 is 28.7 Å². The normalized spacial score (nSPS) is 20.7. The lowest BCUT2D eigenvalue weighted by molar-refractivity contribution is -0.138. The average molecular weight is 1380 g/mol. The Balaban J connectivity index is 0.000000300. The molecule has 2 aliphatic carbocycles. The van der Waals surface area contributed by atoms with Gasteiger partial charge in [-0.15, -0.1) is 0 Å². The van der Waals surface area contributed by atoms with Gasteiger partial charge >= 0.3 is 12.4 Å². The number of halogens is 8. The highest BCUT2D eigenvalue weighted by Gasteiger charge is 2.33. The van der Waals surface area contributed by atoms with Gasteiger partial charge in [-0.2, -0.15) is 36.3 Å². The predicted octanol–water partition coefficient (Wildman–Crippen LogP) is 14.7. The molecule has 2 amide bonds. The van der Waals surface area contributed by atoms with Gasteiger partial charge in [0.05, 0.1) is 31.7 Å². The van der Waals surface area contributed by atoms with Crippen LogP contribution < -0.4 is 11.1 Å². The number of carbonyl (C=O) groups excluding carboxylic acids is 2. The molecule has 0 aliphatic heterocycles. The van der Waals surface area contributed by atoms with Gasteiger partial charge in [0, 0.05) is 97.9 Å².